The summed E-state index contributed by atoms with van der Waals surface area (Å²) in [6.07, 6.45) is 4.93. The predicted molar refractivity (Wildman–Crippen MR) is 70.5 cm³/mol. The Balaban J connectivity index is 2.31. The minimum atomic E-state index is -0.550. The number of aromatic nitrogens is 1. The molecule has 0 bridgehead atoms. The minimum absolute atomic E-state index is 0.248. The molecule has 2 aromatic rings. The van der Waals surface area contributed by atoms with E-state index < -0.39 is 5.54 Å². The molecule has 0 saturated heterocycles. The molecule has 0 spiro atoms. The Kier molecular flexibility index (Phi) is 3.72. The van der Waals surface area contributed by atoms with E-state index in [0.29, 0.717) is 6.42 Å². The molecule has 1 heterocycles. The molecule has 18 heavy (non-hydrogen) atoms. The highest BCUT2D eigenvalue weighted by molar-refractivity contribution is 5.27. The van der Waals surface area contributed by atoms with Crippen molar-refractivity contribution in [3.8, 4) is 0 Å². The van der Waals surface area contributed by atoms with Crippen LogP contribution in [0.3, 0.4) is 0 Å². The molecule has 0 aliphatic carbocycles. The van der Waals surface area contributed by atoms with E-state index in [1.807, 2.05) is 25.1 Å². The van der Waals surface area contributed by atoms with Gasteiger partial charge in [-0.05, 0) is 42.2 Å². The van der Waals surface area contributed by atoms with Crippen LogP contribution in [-0.2, 0) is 12.0 Å². The first-order valence-electron chi connectivity index (χ1n) is 6.08. The topological polar surface area (TPSA) is 38.9 Å². The molecule has 1 unspecified atom stereocenters. The molecular formula is C15H17FN2. The van der Waals surface area contributed by atoms with Crippen molar-refractivity contribution in [1.29, 1.82) is 0 Å². The Hall–Kier alpha value is -1.74. The summed E-state index contributed by atoms with van der Waals surface area (Å²) in [4.78, 5) is 4.08. The van der Waals surface area contributed by atoms with E-state index in [9.17, 15) is 4.39 Å². The van der Waals surface area contributed by atoms with Gasteiger partial charge in [0.1, 0.15) is 5.82 Å². The first kappa shape index (κ1) is 12.7. The van der Waals surface area contributed by atoms with Crippen LogP contribution in [0.2, 0.25) is 0 Å². The van der Waals surface area contributed by atoms with E-state index >= 15 is 0 Å². The molecule has 1 aromatic heterocycles. The summed E-state index contributed by atoms with van der Waals surface area (Å²) >= 11 is 0. The van der Waals surface area contributed by atoms with Gasteiger partial charge < -0.3 is 5.73 Å². The van der Waals surface area contributed by atoms with E-state index in [1.165, 1.54) is 12.1 Å². The lowest BCUT2D eigenvalue weighted by molar-refractivity contribution is 0.421. The normalized spacial score (nSPS) is 14.2. The van der Waals surface area contributed by atoms with Gasteiger partial charge in [0.25, 0.3) is 0 Å². The molecule has 0 aliphatic rings. The van der Waals surface area contributed by atoms with E-state index in [4.69, 9.17) is 5.73 Å². The second-order valence-electron chi connectivity index (χ2n) is 4.56. The molecule has 0 radical (unpaired) electrons. The van der Waals surface area contributed by atoms with Gasteiger partial charge in [-0.1, -0.05) is 25.1 Å². The van der Waals surface area contributed by atoms with Crippen molar-refractivity contribution in [3.63, 3.8) is 0 Å². The van der Waals surface area contributed by atoms with Gasteiger partial charge in [-0.15, -0.1) is 0 Å². The lowest BCUT2D eigenvalue weighted by atomic mass is 9.83. The zero-order chi connectivity index (χ0) is 13.0. The van der Waals surface area contributed by atoms with E-state index in [1.54, 1.807) is 18.5 Å². The van der Waals surface area contributed by atoms with E-state index in [0.717, 1.165) is 17.5 Å². The molecule has 94 valence electrons. The highest BCUT2D eigenvalue weighted by Gasteiger charge is 2.26. The van der Waals surface area contributed by atoms with Gasteiger partial charge in [-0.25, -0.2) is 4.39 Å². The number of hydrogen-bond acceptors (Lipinski definition) is 2. The van der Waals surface area contributed by atoms with Gasteiger partial charge in [0.05, 0.1) is 0 Å². The van der Waals surface area contributed by atoms with Crippen LogP contribution >= 0.6 is 0 Å². The van der Waals surface area contributed by atoms with Crippen molar-refractivity contribution in [1.82, 2.24) is 4.98 Å². The zero-order valence-electron chi connectivity index (χ0n) is 10.4. The summed E-state index contributed by atoms with van der Waals surface area (Å²) in [5, 5.41) is 0. The monoisotopic (exact) mass is 244 g/mol. The molecule has 0 saturated carbocycles. The Morgan fingerprint density at radius 3 is 2.72 bits per heavy atom. The Morgan fingerprint density at radius 2 is 2.11 bits per heavy atom. The number of nitrogens with two attached hydrogens (primary N) is 1. The number of nitrogens with zero attached hydrogens (tertiary/aromatic N) is 1. The van der Waals surface area contributed by atoms with E-state index in [-0.39, 0.29) is 5.82 Å². The first-order chi connectivity index (χ1) is 8.64. The maximum atomic E-state index is 13.3. The molecule has 3 heteroatoms. The molecule has 0 amide bonds. The van der Waals surface area contributed by atoms with Crippen molar-refractivity contribution >= 4 is 0 Å². The largest absolute Gasteiger partial charge is 0.321 e. The fourth-order valence-electron chi connectivity index (χ4n) is 2.10. The smallest absolute Gasteiger partial charge is 0.123 e. The molecule has 2 nitrogen and oxygen atoms in total. The summed E-state index contributed by atoms with van der Waals surface area (Å²) in [7, 11) is 0. The molecule has 2 N–H and O–H groups in total. The molecular weight excluding hydrogens is 227 g/mol. The van der Waals surface area contributed by atoms with Crippen molar-refractivity contribution in [2.45, 2.75) is 25.3 Å². The summed E-state index contributed by atoms with van der Waals surface area (Å²) in [5.74, 6) is -0.248. The van der Waals surface area contributed by atoms with Gasteiger partial charge in [0.15, 0.2) is 0 Å². The average molecular weight is 244 g/mol. The third-order valence-electron chi connectivity index (χ3n) is 3.27. The predicted octanol–water partition coefficient (Wildman–Crippen LogP) is 3.03. The number of benzene rings is 1. The minimum Gasteiger partial charge on any atom is -0.321 e. The molecule has 0 aliphatic heterocycles. The van der Waals surface area contributed by atoms with Gasteiger partial charge >= 0.3 is 0 Å². The van der Waals surface area contributed by atoms with Crippen LogP contribution in [0.25, 0.3) is 0 Å². The van der Waals surface area contributed by atoms with Gasteiger partial charge in [-0.3, -0.25) is 4.98 Å². The lowest BCUT2D eigenvalue weighted by Crippen LogP contribution is -2.38. The number of pyridine rings is 1. The van der Waals surface area contributed by atoms with Crippen LogP contribution < -0.4 is 5.73 Å². The summed E-state index contributed by atoms with van der Waals surface area (Å²) in [5.41, 5.74) is 7.76. The third-order valence-corrected chi connectivity index (χ3v) is 3.27. The number of rotatable bonds is 4. The Labute approximate surface area is 107 Å². The average Bonchev–Trinajstić information content (AvgIpc) is 2.40. The maximum absolute atomic E-state index is 13.3. The first-order valence-corrected chi connectivity index (χ1v) is 6.08. The van der Waals surface area contributed by atoms with Crippen LogP contribution in [0.15, 0.2) is 48.8 Å². The molecule has 2 rings (SSSR count). The summed E-state index contributed by atoms with van der Waals surface area (Å²) in [6, 6.07) is 10.4. The lowest BCUT2D eigenvalue weighted by Gasteiger charge is -2.29. The fraction of sp³-hybridized carbons (Fsp3) is 0.267. The maximum Gasteiger partial charge on any atom is 0.123 e. The SMILES string of the molecule is CCC(N)(Cc1cccnc1)c1cccc(F)c1. The summed E-state index contributed by atoms with van der Waals surface area (Å²) < 4.78 is 13.3. The highest BCUT2D eigenvalue weighted by Crippen LogP contribution is 2.26. The van der Waals surface area contributed by atoms with E-state index in [2.05, 4.69) is 4.98 Å². The second kappa shape index (κ2) is 5.27. The quantitative estimate of drug-likeness (QED) is 0.897. The zero-order valence-corrected chi connectivity index (χ0v) is 10.4. The third kappa shape index (κ3) is 2.74. The van der Waals surface area contributed by atoms with Crippen molar-refractivity contribution < 1.29 is 4.39 Å². The van der Waals surface area contributed by atoms with Gasteiger partial charge in [0.2, 0.25) is 0 Å². The highest BCUT2D eigenvalue weighted by atomic mass is 19.1. The standard InChI is InChI=1S/C15H17FN2/c1-2-15(17,10-12-5-4-8-18-11-12)13-6-3-7-14(16)9-13/h3-9,11H,2,10,17H2,1H3. The molecule has 1 aromatic carbocycles. The molecule has 1 atom stereocenters. The van der Waals surface area contributed by atoms with Crippen molar-refractivity contribution in [2.24, 2.45) is 5.73 Å². The summed E-state index contributed by atoms with van der Waals surface area (Å²) in [6.45, 7) is 2.02. The second-order valence-corrected chi connectivity index (χ2v) is 4.56. The number of hydrogen-bond donors (Lipinski definition) is 1. The van der Waals surface area contributed by atoms with Crippen molar-refractivity contribution in [2.75, 3.05) is 0 Å². The van der Waals surface area contributed by atoms with Crippen LogP contribution in [0.1, 0.15) is 24.5 Å². The van der Waals surface area contributed by atoms with Gasteiger partial charge in [-0.2, -0.15) is 0 Å². The Morgan fingerprint density at radius 1 is 1.28 bits per heavy atom. The van der Waals surface area contributed by atoms with Crippen molar-refractivity contribution in [3.05, 3.63) is 65.7 Å². The van der Waals surface area contributed by atoms with Gasteiger partial charge in [0, 0.05) is 17.9 Å². The Bertz CT molecular complexity index is 513. The van der Waals surface area contributed by atoms with Crippen LogP contribution in [0.4, 0.5) is 4.39 Å². The van der Waals surface area contributed by atoms with Crippen LogP contribution in [0, 0.1) is 5.82 Å². The number of halogens is 1. The van der Waals surface area contributed by atoms with Crippen LogP contribution in [0.5, 0.6) is 0 Å². The molecule has 0 fully saturated rings. The fourth-order valence-corrected chi connectivity index (χ4v) is 2.10. The van der Waals surface area contributed by atoms with Crippen LogP contribution in [-0.4, -0.2) is 4.98 Å².